The second kappa shape index (κ2) is 19.5. The van der Waals surface area contributed by atoms with Crippen molar-refractivity contribution >= 4 is 11.6 Å². The van der Waals surface area contributed by atoms with Crippen LogP contribution in [0.25, 0.3) is 0 Å². The molecule has 136 valence electrons. The molecule has 1 aromatic heterocycles. The van der Waals surface area contributed by atoms with E-state index in [2.05, 4.69) is 11.9 Å². The molecule has 0 saturated heterocycles. The maximum atomic E-state index is 5.64. The van der Waals surface area contributed by atoms with Gasteiger partial charge in [0.25, 0.3) is 0 Å². The van der Waals surface area contributed by atoms with Crippen LogP contribution < -0.4 is 0 Å². The fourth-order valence-corrected chi connectivity index (χ4v) is 2.80. The van der Waals surface area contributed by atoms with Gasteiger partial charge in [-0.15, -0.1) is 11.6 Å². The first-order chi connectivity index (χ1) is 11.3. The molecule has 1 aromatic rings. The van der Waals surface area contributed by atoms with Crippen molar-refractivity contribution in [2.75, 3.05) is 5.88 Å². The lowest BCUT2D eigenvalue weighted by Gasteiger charge is -2.02. The summed E-state index contributed by atoms with van der Waals surface area (Å²) >= 11 is 5.64. The van der Waals surface area contributed by atoms with Gasteiger partial charge in [0.05, 0.1) is 6.33 Å². The summed E-state index contributed by atoms with van der Waals surface area (Å²) < 4.78 is 1.89. The fourth-order valence-electron chi connectivity index (χ4n) is 2.61. The highest BCUT2D eigenvalue weighted by atomic mass is 35.5. The largest absolute Gasteiger partial charge is 0.341 e. The Morgan fingerprint density at radius 1 is 0.739 bits per heavy atom. The summed E-state index contributed by atoms with van der Waals surface area (Å²) in [6, 6.07) is 0. The molecule has 0 fully saturated rings. The molecule has 3 heteroatoms. The zero-order valence-corrected chi connectivity index (χ0v) is 16.4. The molecule has 23 heavy (non-hydrogen) atoms. The van der Waals surface area contributed by atoms with Crippen molar-refractivity contribution in [1.82, 2.24) is 9.55 Å². The molecule has 0 aliphatic carbocycles. The van der Waals surface area contributed by atoms with Gasteiger partial charge in [0.2, 0.25) is 0 Å². The Bertz CT molecular complexity index is 285. The summed E-state index contributed by atoms with van der Waals surface area (Å²) in [5.74, 6) is 0.845. The van der Waals surface area contributed by atoms with Gasteiger partial charge in [-0.05, 0) is 6.42 Å². The number of aromatic nitrogens is 2. The lowest BCUT2D eigenvalue weighted by molar-refractivity contribution is 0.538. The first kappa shape index (κ1) is 22.5. The molecule has 0 aliphatic heterocycles. The predicted octanol–water partition coefficient (Wildman–Crippen LogP) is 7.13. The van der Waals surface area contributed by atoms with Crippen molar-refractivity contribution in [3.8, 4) is 0 Å². The molecular weight excluding hydrogens is 304 g/mol. The average molecular weight is 343 g/mol. The number of rotatable bonds is 14. The Labute approximate surface area is 150 Å². The smallest absolute Gasteiger partial charge is 0.0943 e. The quantitative estimate of drug-likeness (QED) is 0.260. The number of halogens is 1. The molecule has 0 unspecified atom stereocenters. The van der Waals surface area contributed by atoms with Crippen molar-refractivity contribution in [1.29, 1.82) is 0 Å². The van der Waals surface area contributed by atoms with Crippen LogP contribution in [0.15, 0.2) is 18.7 Å². The van der Waals surface area contributed by atoms with E-state index in [9.17, 15) is 0 Å². The molecule has 0 radical (unpaired) electrons. The van der Waals surface area contributed by atoms with Gasteiger partial charge >= 0.3 is 0 Å². The molecule has 1 heterocycles. The van der Waals surface area contributed by atoms with Gasteiger partial charge in [-0.2, -0.15) is 0 Å². The number of imidazole rings is 1. The highest BCUT2D eigenvalue weighted by Gasteiger charge is 1.93. The normalized spacial score (nSPS) is 10.4. The zero-order chi connectivity index (χ0) is 17.0. The third-order valence-corrected chi connectivity index (χ3v) is 4.39. The Morgan fingerprint density at radius 3 is 1.43 bits per heavy atom. The van der Waals surface area contributed by atoms with Gasteiger partial charge < -0.3 is 4.57 Å². The van der Waals surface area contributed by atoms with Crippen LogP contribution in [-0.2, 0) is 7.05 Å². The summed E-state index contributed by atoms with van der Waals surface area (Å²) in [4.78, 5) is 3.78. The van der Waals surface area contributed by atoms with Crippen molar-refractivity contribution in [3.63, 3.8) is 0 Å². The molecule has 1 rings (SSSR count). The molecule has 0 N–H and O–H groups in total. The molecule has 0 atom stereocenters. The van der Waals surface area contributed by atoms with Crippen molar-refractivity contribution in [2.24, 2.45) is 7.05 Å². The summed E-state index contributed by atoms with van der Waals surface area (Å²) in [5.41, 5.74) is 0. The number of unbranched alkanes of at least 4 members (excludes halogenated alkanes) is 13. The monoisotopic (exact) mass is 342 g/mol. The molecule has 0 aromatic carbocycles. The average Bonchev–Trinajstić information content (AvgIpc) is 3.03. The Balaban J connectivity index is 0.000000664. The summed E-state index contributed by atoms with van der Waals surface area (Å²) in [6.07, 6.45) is 25.2. The van der Waals surface area contributed by atoms with E-state index in [-0.39, 0.29) is 0 Å². The second-order valence-corrected chi connectivity index (χ2v) is 6.89. The molecule has 0 bridgehead atoms. The minimum absolute atomic E-state index is 0.845. The topological polar surface area (TPSA) is 17.8 Å². The molecule has 0 spiro atoms. The Morgan fingerprint density at radius 2 is 1.17 bits per heavy atom. The highest BCUT2D eigenvalue weighted by molar-refractivity contribution is 6.17. The van der Waals surface area contributed by atoms with Gasteiger partial charge in [-0.1, -0.05) is 90.4 Å². The highest BCUT2D eigenvalue weighted by Crippen LogP contribution is 2.12. The first-order valence-corrected chi connectivity index (χ1v) is 10.3. The van der Waals surface area contributed by atoms with Crippen molar-refractivity contribution in [3.05, 3.63) is 18.7 Å². The van der Waals surface area contributed by atoms with Crippen LogP contribution in [0.4, 0.5) is 0 Å². The van der Waals surface area contributed by atoms with Crippen molar-refractivity contribution < 1.29 is 0 Å². The van der Waals surface area contributed by atoms with E-state index in [0.717, 1.165) is 5.88 Å². The van der Waals surface area contributed by atoms with Crippen LogP contribution in [0.5, 0.6) is 0 Å². The SMILES string of the molecule is CCCCCCCCCCCCCCCCCl.Cn1ccnc1. The van der Waals surface area contributed by atoms with Crippen molar-refractivity contribution in [2.45, 2.75) is 96.8 Å². The molecule has 0 saturated carbocycles. The minimum atomic E-state index is 0.845. The fraction of sp³-hybridized carbons (Fsp3) is 0.850. The lowest BCUT2D eigenvalue weighted by Crippen LogP contribution is -1.83. The summed E-state index contributed by atoms with van der Waals surface area (Å²) in [6.45, 7) is 2.28. The van der Waals surface area contributed by atoms with Crippen LogP contribution in [0, 0.1) is 0 Å². The predicted molar refractivity (Wildman–Crippen MR) is 104 cm³/mol. The third kappa shape index (κ3) is 19.5. The van der Waals surface area contributed by atoms with E-state index >= 15 is 0 Å². The molecule has 2 nitrogen and oxygen atoms in total. The van der Waals surface area contributed by atoms with E-state index in [1.165, 1.54) is 89.9 Å². The molecule has 0 aliphatic rings. The van der Waals surface area contributed by atoms with Crippen LogP contribution >= 0.6 is 11.6 Å². The van der Waals surface area contributed by atoms with Gasteiger partial charge in [-0.3, -0.25) is 0 Å². The lowest BCUT2D eigenvalue weighted by atomic mass is 10.0. The van der Waals surface area contributed by atoms with Gasteiger partial charge in [0.1, 0.15) is 0 Å². The van der Waals surface area contributed by atoms with E-state index in [1.54, 1.807) is 12.5 Å². The van der Waals surface area contributed by atoms with E-state index < -0.39 is 0 Å². The summed E-state index contributed by atoms with van der Waals surface area (Å²) in [7, 11) is 1.94. The van der Waals surface area contributed by atoms with E-state index in [1.807, 2.05) is 17.8 Å². The number of aryl methyl sites for hydroxylation is 1. The summed E-state index contributed by atoms with van der Waals surface area (Å²) in [5, 5.41) is 0. The Kier molecular flexibility index (Phi) is 19.1. The standard InChI is InChI=1S/C16H33Cl.C4H6N2/c1-2-3-4-5-6-7-8-9-10-11-12-13-14-15-16-17;1-6-3-2-5-4-6/h2-16H2,1H3;2-4H,1H3. The van der Waals surface area contributed by atoms with E-state index in [4.69, 9.17) is 11.6 Å². The molecular formula is C20H39ClN2. The number of hydrogen-bond acceptors (Lipinski definition) is 1. The zero-order valence-electron chi connectivity index (χ0n) is 15.6. The number of hydrogen-bond donors (Lipinski definition) is 0. The van der Waals surface area contributed by atoms with Gasteiger partial charge in [0, 0.05) is 25.3 Å². The number of nitrogens with zero attached hydrogens (tertiary/aromatic N) is 2. The van der Waals surface area contributed by atoms with Crippen LogP contribution in [0.2, 0.25) is 0 Å². The van der Waals surface area contributed by atoms with Gasteiger partial charge in [-0.25, -0.2) is 4.98 Å². The van der Waals surface area contributed by atoms with Crippen LogP contribution in [-0.4, -0.2) is 15.4 Å². The maximum Gasteiger partial charge on any atom is 0.0943 e. The first-order valence-electron chi connectivity index (χ1n) is 9.79. The third-order valence-electron chi connectivity index (χ3n) is 4.12. The Hall–Kier alpha value is -0.500. The van der Waals surface area contributed by atoms with Gasteiger partial charge in [0.15, 0.2) is 0 Å². The second-order valence-electron chi connectivity index (χ2n) is 6.51. The van der Waals surface area contributed by atoms with Crippen LogP contribution in [0.1, 0.15) is 96.8 Å². The molecule has 0 amide bonds. The van der Waals surface area contributed by atoms with E-state index in [0.29, 0.717) is 0 Å². The number of alkyl halides is 1. The minimum Gasteiger partial charge on any atom is -0.341 e. The maximum absolute atomic E-state index is 5.64. The van der Waals surface area contributed by atoms with Crippen LogP contribution in [0.3, 0.4) is 0 Å².